The molecule has 0 unspecified atom stereocenters. The normalized spacial score (nSPS) is 12.2. The van der Waals surface area contributed by atoms with E-state index in [9.17, 15) is 43.2 Å². The molecule has 0 aliphatic heterocycles. The van der Waals surface area contributed by atoms with Crippen LogP contribution in [0.5, 0.6) is 0 Å². The van der Waals surface area contributed by atoms with E-state index in [2.05, 4.69) is 72.4 Å². The van der Waals surface area contributed by atoms with Gasteiger partial charge in [0.05, 0.1) is 49.2 Å². The second-order valence-electron chi connectivity index (χ2n) is 12.4. The molecule has 3 heterocycles. The monoisotopic (exact) mass is 813 g/mol. The third-order valence-corrected chi connectivity index (χ3v) is 7.84. The number of carbonyl (C=O) groups is 9. The summed E-state index contributed by atoms with van der Waals surface area (Å²) in [6.07, 6.45) is 8.27. The highest BCUT2D eigenvalue weighted by atomic mass is 16.4. The van der Waals surface area contributed by atoms with Gasteiger partial charge in [0.1, 0.15) is 24.7 Å². The van der Waals surface area contributed by atoms with Crippen molar-refractivity contribution in [2.45, 2.75) is 56.7 Å². The van der Waals surface area contributed by atoms with Crippen LogP contribution in [-0.2, 0) is 62.4 Å². The van der Waals surface area contributed by atoms with Crippen LogP contribution >= 0.6 is 0 Å². The molecule has 0 aliphatic carbocycles. The van der Waals surface area contributed by atoms with Crippen molar-refractivity contribution in [2.75, 3.05) is 39.3 Å². The summed E-state index contributed by atoms with van der Waals surface area (Å²) in [5.41, 5.74) is 6.82. The zero-order valence-corrected chi connectivity index (χ0v) is 31.2. The number of nitrogens with two attached hydrogens (primary N) is 1. The molecule has 0 saturated carbocycles. The van der Waals surface area contributed by atoms with Crippen molar-refractivity contribution in [3.63, 3.8) is 0 Å². The number of amides is 8. The van der Waals surface area contributed by atoms with E-state index < -0.39 is 91.0 Å². The van der Waals surface area contributed by atoms with E-state index >= 15 is 0 Å². The number of hydrogen-bond acceptors (Lipinski definition) is 13. The number of carboxylic acid groups (broad SMARTS) is 1. The van der Waals surface area contributed by atoms with Crippen LogP contribution in [0.1, 0.15) is 36.3 Å². The van der Waals surface area contributed by atoms with Crippen LogP contribution in [0, 0.1) is 0 Å². The minimum Gasteiger partial charge on any atom is -0.480 e. The van der Waals surface area contributed by atoms with E-state index in [0.29, 0.717) is 17.1 Å². The van der Waals surface area contributed by atoms with Gasteiger partial charge >= 0.3 is 5.97 Å². The molecular weight excluding hydrogens is 766 g/mol. The smallest absolute Gasteiger partial charge is 0.322 e. The lowest BCUT2D eigenvalue weighted by Crippen LogP contribution is -2.52. The van der Waals surface area contributed by atoms with Gasteiger partial charge in [-0.1, -0.05) is 0 Å². The first-order valence-electron chi connectivity index (χ1n) is 17.9. The molecule has 3 atom stereocenters. The van der Waals surface area contributed by atoms with E-state index in [1.807, 2.05) is 0 Å². The number of imidazole rings is 3. The number of nitrogens with one attached hydrogen (secondary N) is 11. The minimum absolute atomic E-state index is 0.00748. The van der Waals surface area contributed by atoms with Gasteiger partial charge in [0.25, 0.3) is 0 Å². The number of hydrogen-bond donors (Lipinski definition) is 13. The van der Waals surface area contributed by atoms with Gasteiger partial charge in [-0.25, -0.2) is 15.0 Å². The second-order valence-corrected chi connectivity index (χ2v) is 12.4. The summed E-state index contributed by atoms with van der Waals surface area (Å²) in [5.74, 6) is -6.42. The molecule has 25 nitrogen and oxygen atoms in total. The van der Waals surface area contributed by atoms with Gasteiger partial charge in [-0.2, -0.15) is 0 Å². The van der Waals surface area contributed by atoms with Crippen molar-refractivity contribution in [3.8, 4) is 0 Å². The van der Waals surface area contributed by atoms with Crippen LogP contribution in [0.25, 0.3) is 0 Å². The Labute approximate surface area is 330 Å². The van der Waals surface area contributed by atoms with Crippen LogP contribution in [0.3, 0.4) is 0 Å². The molecular formula is C33H47N15O10. The summed E-state index contributed by atoms with van der Waals surface area (Å²) < 4.78 is 0. The summed E-state index contributed by atoms with van der Waals surface area (Å²) >= 11 is 0. The Bertz CT molecular complexity index is 1820. The largest absolute Gasteiger partial charge is 0.480 e. The molecule has 0 bridgehead atoms. The quantitative estimate of drug-likeness (QED) is 0.0359. The van der Waals surface area contributed by atoms with Crippen LogP contribution in [-0.4, -0.2) is 146 Å². The highest BCUT2D eigenvalue weighted by Crippen LogP contribution is 2.03. The van der Waals surface area contributed by atoms with Crippen molar-refractivity contribution in [1.29, 1.82) is 0 Å². The number of aromatic nitrogens is 6. The molecule has 314 valence electrons. The zero-order valence-electron chi connectivity index (χ0n) is 31.2. The molecule has 0 aliphatic rings. The van der Waals surface area contributed by atoms with Crippen LogP contribution in [0.2, 0.25) is 0 Å². The lowest BCUT2D eigenvalue weighted by molar-refractivity contribution is -0.138. The molecule has 3 aromatic heterocycles. The number of carbonyl (C=O) groups excluding carboxylic acids is 8. The summed E-state index contributed by atoms with van der Waals surface area (Å²) in [4.78, 5) is 132. The molecule has 0 radical (unpaired) electrons. The first kappa shape index (κ1) is 45.2. The maximum absolute atomic E-state index is 13.2. The summed E-state index contributed by atoms with van der Waals surface area (Å²) in [6.45, 7) is -1.98. The molecule has 25 heteroatoms. The summed E-state index contributed by atoms with van der Waals surface area (Å²) in [7, 11) is 0. The van der Waals surface area contributed by atoms with Crippen molar-refractivity contribution >= 4 is 53.2 Å². The Hall–Kier alpha value is -7.18. The van der Waals surface area contributed by atoms with Gasteiger partial charge < -0.3 is 68.3 Å². The third-order valence-electron chi connectivity index (χ3n) is 7.84. The predicted octanol–water partition coefficient (Wildman–Crippen LogP) is -5.87. The van der Waals surface area contributed by atoms with Crippen LogP contribution in [0.4, 0.5) is 0 Å². The molecule has 3 aromatic rings. The van der Waals surface area contributed by atoms with Crippen LogP contribution in [0.15, 0.2) is 37.6 Å². The van der Waals surface area contributed by atoms with Crippen molar-refractivity contribution in [1.82, 2.24) is 72.4 Å². The SMILES string of the molecule is NCCC(=O)N[C@@H](Cc1c[nH]cn1)C(=O)NCCC(=O)N[C@@H](Cc1c[nH]cn1)C(=O)NCCC(=O)N[C@@H](Cc1c[nH]cn1)C(=O)NCC(=O)NCC(=O)NCC(=O)O. The Morgan fingerprint density at radius 1 is 0.517 bits per heavy atom. The number of nitrogens with zero attached hydrogens (tertiary/aromatic N) is 3. The average molecular weight is 814 g/mol. The van der Waals surface area contributed by atoms with Gasteiger partial charge in [0.15, 0.2) is 0 Å². The highest BCUT2D eigenvalue weighted by molar-refractivity contribution is 5.93. The second kappa shape index (κ2) is 24.4. The fourth-order valence-electron chi connectivity index (χ4n) is 5.01. The molecule has 0 aromatic carbocycles. The average Bonchev–Trinajstić information content (AvgIpc) is 4.00. The van der Waals surface area contributed by atoms with Gasteiger partial charge in [-0.15, -0.1) is 0 Å². The van der Waals surface area contributed by atoms with E-state index in [-0.39, 0.29) is 58.2 Å². The maximum atomic E-state index is 13.2. The van der Waals surface area contributed by atoms with E-state index in [0.717, 1.165) is 0 Å². The van der Waals surface area contributed by atoms with Gasteiger partial charge in [-0.05, 0) is 0 Å². The first-order chi connectivity index (χ1) is 27.8. The highest BCUT2D eigenvalue weighted by Gasteiger charge is 2.26. The first-order valence-corrected chi connectivity index (χ1v) is 17.9. The number of carboxylic acids is 1. The lowest BCUT2D eigenvalue weighted by Gasteiger charge is -2.20. The Kier molecular flexibility index (Phi) is 19.0. The van der Waals surface area contributed by atoms with Gasteiger partial charge in [-0.3, -0.25) is 43.2 Å². The summed E-state index contributed by atoms with van der Waals surface area (Å²) in [6, 6.07) is -3.32. The Morgan fingerprint density at radius 3 is 1.24 bits per heavy atom. The standard InChI is InChI=1S/C33H47N15O10/c34-4-1-25(49)46-22(7-19-10-35-16-43-19)31(56)38-5-2-26(50)47-23(8-20-11-36-17-44-20)32(57)39-6-3-27(51)48-24(9-21-12-37-18-45-21)33(58)42-14-29(53)40-13-28(52)41-15-30(54)55/h10-12,16-18,22-24H,1-9,13-15,34H2,(H,35,43)(H,36,44)(H,37,45)(H,38,56)(H,39,57)(H,40,53)(H,41,52)(H,42,58)(H,46,49)(H,47,50)(H,48,51)(H,54,55)/t22-,23-,24-/m0/s1. The molecule has 0 spiro atoms. The molecule has 14 N–H and O–H groups in total. The molecule has 58 heavy (non-hydrogen) atoms. The number of aromatic amines is 3. The van der Waals surface area contributed by atoms with E-state index in [4.69, 9.17) is 10.8 Å². The van der Waals surface area contributed by atoms with Crippen LogP contribution < -0.4 is 48.3 Å². The third kappa shape index (κ3) is 17.5. The fraction of sp³-hybridized carbons (Fsp3) is 0.455. The van der Waals surface area contributed by atoms with Gasteiger partial charge in [0.2, 0.25) is 47.3 Å². The molecule has 3 rings (SSSR count). The lowest BCUT2D eigenvalue weighted by atomic mass is 10.1. The molecule has 0 fully saturated rings. The van der Waals surface area contributed by atoms with E-state index in [1.165, 1.54) is 31.4 Å². The number of rotatable bonds is 26. The molecule has 8 amide bonds. The Morgan fingerprint density at radius 2 is 0.879 bits per heavy atom. The number of H-pyrrole nitrogens is 3. The predicted molar refractivity (Wildman–Crippen MR) is 198 cm³/mol. The van der Waals surface area contributed by atoms with Gasteiger partial charge in [0, 0.05) is 76.7 Å². The van der Waals surface area contributed by atoms with Crippen molar-refractivity contribution in [2.24, 2.45) is 5.73 Å². The zero-order chi connectivity index (χ0) is 42.3. The van der Waals surface area contributed by atoms with Crippen molar-refractivity contribution in [3.05, 3.63) is 54.7 Å². The summed E-state index contributed by atoms with van der Waals surface area (Å²) in [5, 5.41) is 28.2. The molecule has 0 saturated heterocycles. The maximum Gasteiger partial charge on any atom is 0.322 e. The Balaban J connectivity index is 1.50. The van der Waals surface area contributed by atoms with E-state index in [1.54, 1.807) is 6.20 Å². The number of aliphatic carboxylic acids is 1. The van der Waals surface area contributed by atoms with Crippen molar-refractivity contribution < 1.29 is 48.3 Å². The minimum atomic E-state index is -1.27. The topological polar surface area (TPSA) is 382 Å². The fourth-order valence-corrected chi connectivity index (χ4v) is 5.01.